The van der Waals surface area contributed by atoms with Crippen molar-refractivity contribution in [3.63, 3.8) is 0 Å². The Morgan fingerprint density at radius 2 is 2.42 bits per heavy atom. The predicted octanol–water partition coefficient (Wildman–Crippen LogP) is -1.47. The second-order valence-corrected chi connectivity index (χ2v) is 4.73. The third kappa shape index (κ3) is 2.09. The van der Waals surface area contributed by atoms with Crippen molar-refractivity contribution in [2.45, 2.75) is 31.0 Å². The topological polar surface area (TPSA) is 108 Å². The molecule has 104 valence electrons. The summed E-state index contributed by atoms with van der Waals surface area (Å²) < 4.78 is 5.55. The molecule has 0 aromatic rings. The highest BCUT2D eigenvalue weighted by Crippen LogP contribution is 2.37. The molecule has 7 heteroatoms. The number of amides is 2. The number of aliphatic hydroxyl groups excluding tert-OH is 2. The maximum atomic E-state index is 11.8. The molecule has 2 heterocycles. The molecule has 2 amide bonds. The number of rotatable bonds is 2. The van der Waals surface area contributed by atoms with Gasteiger partial charge in [0.15, 0.2) is 5.60 Å². The maximum Gasteiger partial charge on any atom is 0.325 e. The van der Waals surface area contributed by atoms with E-state index < -0.39 is 42.7 Å². The Kier molecular flexibility index (Phi) is 3.52. The number of carbonyl (C=O) groups is 1. The van der Waals surface area contributed by atoms with Gasteiger partial charge in [0, 0.05) is 12.1 Å². The van der Waals surface area contributed by atoms with Crippen LogP contribution in [0, 0.1) is 18.3 Å². The number of ether oxygens (including phenoxy) is 1. The second-order valence-electron chi connectivity index (χ2n) is 4.73. The first-order chi connectivity index (χ1) is 8.95. The van der Waals surface area contributed by atoms with Crippen molar-refractivity contribution in [1.29, 1.82) is 0 Å². The van der Waals surface area contributed by atoms with Crippen LogP contribution in [-0.4, -0.2) is 51.8 Å². The third-order valence-electron chi connectivity index (χ3n) is 3.49. The summed E-state index contributed by atoms with van der Waals surface area (Å²) in [6, 6.07) is -0.440. The molecular formula is C12H17N3O4. The molecule has 0 spiro atoms. The van der Waals surface area contributed by atoms with E-state index in [1.54, 1.807) is 13.0 Å². The fraction of sp³-hybridized carbons (Fsp3) is 0.583. The van der Waals surface area contributed by atoms with E-state index in [1.165, 1.54) is 11.1 Å². The monoisotopic (exact) mass is 267 g/mol. The van der Waals surface area contributed by atoms with Gasteiger partial charge in [-0.15, -0.1) is 6.42 Å². The number of terminal acetylenes is 1. The Labute approximate surface area is 111 Å². The average Bonchev–Trinajstić information content (AvgIpc) is 2.64. The number of hydrogen-bond acceptors (Lipinski definition) is 5. The molecule has 2 aliphatic heterocycles. The Bertz CT molecular complexity index is 447. The van der Waals surface area contributed by atoms with Gasteiger partial charge in [-0.2, -0.15) is 0 Å². The van der Waals surface area contributed by atoms with Crippen molar-refractivity contribution in [1.82, 2.24) is 10.2 Å². The second kappa shape index (κ2) is 4.83. The third-order valence-corrected chi connectivity index (χ3v) is 3.49. The number of aliphatic hydroxyl groups is 2. The molecule has 0 aromatic carbocycles. The number of hydrogen-bond donors (Lipinski definition) is 4. The standard InChI is InChI=1S/C12H17N3O4/c1-3-12(6-16)9(17)7(2)10(19-12)15-5-4-8(13)14-11(15)18/h1,4-5,7-10,16-17H,6,13H2,2H3,(H,14,18)/t7-,8?,9-,10+,12+/m0/s1. The first-order valence-electron chi connectivity index (χ1n) is 5.92. The molecule has 19 heavy (non-hydrogen) atoms. The maximum absolute atomic E-state index is 11.8. The van der Waals surface area contributed by atoms with Gasteiger partial charge in [-0.3, -0.25) is 4.90 Å². The van der Waals surface area contributed by atoms with E-state index in [2.05, 4.69) is 11.2 Å². The summed E-state index contributed by atoms with van der Waals surface area (Å²) >= 11 is 0. The minimum absolute atomic E-state index is 0.440. The largest absolute Gasteiger partial charge is 0.392 e. The highest BCUT2D eigenvalue weighted by Gasteiger charge is 2.54. The zero-order chi connectivity index (χ0) is 14.2. The van der Waals surface area contributed by atoms with Gasteiger partial charge in [-0.05, 0) is 6.08 Å². The number of nitrogens with two attached hydrogens (primary N) is 1. The van der Waals surface area contributed by atoms with Gasteiger partial charge < -0.3 is 26.0 Å². The fourth-order valence-corrected chi connectivity index (χ4v) is 2.30. The van der Waals surface area contributed by atoms with Gasteiger partial charge >= 0.3 is 6.03 Å². The lowest BCUT2D eigenvalue weighted by atomic mass is 9.92. The number of carbonyl (C=O) groups excluding carboxylic acids is 1. The van der Waals surface area contributed by atoms with Crippen LogP contribution in [-0.2, 0) is 4.74 Å². The molecule has 2 aliphatic rings. The molecule has 0 saturated carbocycles. The minimum Gasteiger partial charge on any atom is -0.392 e. The quantitative estimate of drug-likeness (QED) is 0.457. The van der Waals surface area contributed by atoms with E-state index >= 15 is 0 Å². The van der Waals surface area contributed by atoms with Gasteiger partial charge in [-0.1, -0.05) is 12.8 Å². The summed E-state index contributed by atoms with van der Waals surface area (Å²) in [5.74, 6) is 1.82. The Morgan fingerprint density at radius 1 is 1.74 bits per heavy atom. The molecule has 0 radical (unpaired) electrons. The molecule has 5 atom stereocenters. The van der Waals surface area contributed by atoms with E-state index in [0.29, 0.717) is 0 Å². The van der Waals surface area contributed by atoms with E-state index in [1.807, 2.05) is 0 Å². The van der Waals surface area contributed by atoms with E-state index in [4.69, 9.17) is 16.9 Å². The van der Waals surface area contributed by atoms with Crippen molar-refractivity contribution in [2.24, 2.45) is 11.7 Å². The van der Waals surface area contributed by atoms with E-state index in [0.717, 1.165) is 0 Å². The lowest BCUT2D eigenvalue weighted by Crippen LogP contribution is -2.54. The van der Waals surface area contributed by atoms with Crippen LogP contribution in [0.4, 0.5) is 4.79 Å². The van der Waals surface area contributed by atoms with E-state index in [9.17, 15) is 15.0 Å². The van der Waals surface area contributed by atoms with Crippen LogP contribution in [0.25, 0.3) is 0 Å². The smallest absolute Gasteiger partial charge is 0.325 e. The Hall–Kier alpha value is -1.59. The highest BCUT2D eigenvalue weighted by atomic mass is 16.6. The van der Waals surface area contributed by atoms with Crippen LogP contribution in [0.1, 0.15) is 6.92 Å². The van der Waals surface area contributed by atoms with Gasteiger partial charge in [0.25, 0.3) is 0 Å². The number of nitrogens with one attached hydrogen (secondary N) is 1. The molecule has 0 aliphatic carbocycles. The van der Waals surface area contributed by atoms with Crippen LogP contribution < -0.4 is 11.1 Å². The fourth-order valence-electron chi connectivity index (χ4n) is 2.30. The molecule has 2 rings (SSSR count). The molecular weight excluding hydrogens is 250 g/mol. The van der Waals surface area contributed by atoms with Crippen molar-refractivity contribution < 1.29 is 19.7 Å². The summed E-state index contributed by atoms with van der Waals surface area (Å²) in [4.78, 5) is 13.1. The average molecular weight is 267 g/mol. The minimum atomic E-state index is -1.49. The molecule has 0 aromatic heterocycles. The normalized spacial score (nSPS) is 42.1. The van der Waals surface area contributed by atoms with Crippen LogP contribution >= 0.6 is 0 Å². The summed E-state index contributed by atoms with van der Waals surface area (Å²) in [6.45, 7) is 1.17. The van der Waals surface area contributed by atoms with Crippen LogP contribution in [0.2, 0.25) is 0 Å². The van der Waals surface area contributed by atoms with Gasteiger partial charge in [0.1, 0.15) is 12.3 Å². The first-order valence-corrected chi connectivity index (χ1v) is 5.92. The van der Waals surface area contributed by atoms with Crippen LogP contribution in [0.3, 0.4) is 0 Å². The van der Waals surface area contributed by atoms with Crippen LogP contribution in [0.5, 0.6) is 0 Å². The molecule has 7 nitrogen and oxygen atoms in total. The number of urea groups is 1. The summed E-state index contributed by atoms with van der Waals surface area (Å²) in [5, 5.41) is 22.0. The zero-order valence-electron chi connectivity index (χ0n) is 10.5. The molecule has 1 saturated heterocycles. The summed E-state index contributed by atoms with van der Waals surface area (Å²) in [7, 11) is 0. The molecule has 0 bridgehead atoms. The van der Waals surface area contributed by atoms with Crippen molar-refractivity contribution in [3.8, 4) is 12.3 Å². The van der Waals surface area contributed by atoms with Crippen molar-refractivity contribution in [2.75, 3.05) is 6.61 Å². The lowest BCUT2D eigenvalue weighted by molar-refractivity contribution is -0.0971. The van der Waals surface area contributed by atoms with Gasteiger partial charge in [0.05, 0.1) is 12.8 Å². The van der Waals surface area contributed by atoms with E-state index in [-0.39, 0.29) is 0 Å². The summed E-state index contributed by atoms with van der Waals surface area (Å²) in [6.07, 6.45) is 6.02. The molecule has 1 unspecified atom stereocenters. The SMILES string of the molecule is C#C[C@]1(CO)O[C@@H](N2C=CC(N)NC2=O)[C@@H](C)[C@@H]1O. The van der Waals surface area contributed by atoms with Crippen molar-refractivity contribution >= 4 is 6.03 Å². The van der Waals surface area contributed by atoms with Gasteiger partial charge in [0.2, 0.25) is 0 Å². The van der Waals surface area contributed by atoms with Crippen molar-refractivity contribution in [3.05, 3.63) is 12.3 Å². The first kappa shape index (κ1) is 13.8. The Balaban J connectivity index is 2.26. The number of nitrogens with zero attached hydrogens (tertiary/aromatic N) is 1. The highest BCUT2D eigenvalue weighted by molar-refractivity contribution is 5.77. The predicted molar refractivity (Wildman–Crippen MR) is 66.2 cm³/mol. The molecule has 1 fully saturated rings. The summed E-state index contributed by atoms with van der Waals surface area (Å²) in [5.41, 5.74) is 4.06. The zero-order valence-corrected chi connectivity index (χ0v) is 10.5. The molecule has 5 N–H and O–H groups in total. The Morgan fingerprint density at radius 3 is 2.89 bits per heavy atom. The van der Waals surface area contributed by atoms with Gasteiger partial charge in [-0.25, -0.2) is 4.79 Å². The lowest BCUT2D eigenvalue weighted by Gasteiger charge is -2.32. The van der Waals surface area contributed by atoms with Crippen LogP contribution in [0.15, 0.2) is 12.3 Å².